The molecule has 5 heteroatoms. The molecule has 0 aliphatic heterocycles. The second-order valence-corrected chi connectivity index (χ2v) is 4.58. The molecule has 0 atom stereocenters. The summed E-state index contributed by atoms with van der Waals surface area (Å²) in [6.45, 7) is 1.78. The minimum atomic E-state index is -0.574. The molecule has 0 aromatic heterocycles. The number of anilines is 2. The van der Waals surface area contributed by atoms with Crippen LogP contribution in [-0.4, -0.2) is 5.91 Å². The van der Waals surface area contributed by atoms with Gasteiger partial charge in [-0.3, -0.25) is 4.79 Å². The highest BCUT2D eigenvalue weighted by atomic mass is 35.5. The van der Waals surface area contributed by atoms with Crippen molar-refractivity contribution in [2.75, 3.05) is 11.1 Å². The Bertz CT molecular complexity index is 643. The summed E-state index contributed by atoms with van der Waals surface area (Å²) in [5, 5.41) is 2.86. The summed E-state index contributed by atoms with van der Waals surface area (Å²) in [6.07, 6.45) is 0. The van der Waals surface area contributed by atoms with Gasteiger partial charge in [0.2, 0.25) is 0 Å². The molecule has 0 aliphatic rings. The zero-order chi connectivity index (χ0) is 14.0. The summed E-state index contributed by atoms with van der Waals surface area (Å²) in [7, 11) is 0. The maximum absolute atomic E-state index is 13.6. The van der Waals surface area contributed by atoms with Crippen LogP contribution in [-0.2, 0) is 0 Å². The van der Waals surface area contributed by atoms with Crippen molar-refractivity contribution in [2.24, 2.45) is 0 Å². The number of aryl methyl sites for hydroxylation is 1. The number of carbonyl (C=O) groups excluding carboxylic acids is 1. The average molecular weight is 279 g/mol. The van der Waals surface area contributed by atoms with Crippen LogP contribution in [0.2, 0.25) is 5.02 Å². The molecule has 98 valence electrons. The Morgan fingerprint density at radius 2 is 2.00 bits per heavy atom. The van der Waals surface area contributed by atoms with Gasteiger partial charge in [-0.05, 0) is 37.3 Å². The second kappa shape index (κ2) is 5.28. The lowest BCUT2D eigenvalue weighted by Gasteiger charge is -2.09. The van der Waals surface area contributed by atoms with Gasteiger partial charge in [-0.15, -0.1) is 0 Å². The van der Waals surface area contributed by atoms with Crippen molar-refractivity contribution in [3.8, 4) is 0 Å². The number of nitrogens with one attached hydrogen (secondary N) is 1. The van der Waals surface area contributed by atoms with Crippen LogP contribution in [0.3, 0.4) is 0 Å². The van der Waals surface area contributed by atoms with E-state index in [-0.39, 0.29) is 5.56 Å². The van der Waals surface area contributed by atoms with E-state index in [1.165, 1.54) is 18.2 Å². The van der Waals surface area contributed by atoms with Crippen molar-refractivity contribution >= 4 is 28.9 Å². The molecule has 0 radical (unpaired) electrons. The summed E-state index contributed by atoms with van der Waals surface area (Å²) < 4.78 is 13.6. The SMILES string of the molecule is Cc1ccc(F)c(C(=O)Nc2ccc(N)cc2Cl)c1. The monoisotopic (exact) mass is 278 g/mol. The summed E-state index contributed by atoms with van der Waals surface area (Å²) in [5.74, 6) is -1.12. The quantitative estimate of drug-likeness (QED) is 0.824. The minimum absolute atomic E-state index is 0.0205. The molecule has 0 spiro atoms. The number of carbonyl (C=O) groups is 1. The van der Waals surface area contributed by atoms with Crippen LogP contribution in [0.15, 0.2) is 36.4 Å². The lowest BCUT2D eigenvalue weighted by molar-refractivity contribution is 0.102. The fourth-order valence-corrected chi connectivity index (χ4v) is 1.87. The molecule has 0 aliphatic carbocycles. The number of halogens is 2. The Kier molecular flexibility index (Phi) is 3.71. The standard InChI is InChI=1S/C14H12ClFN2O/c1-8-2-4-12(16)10(6-8)14(19)18-13-5-3-9(17)7-11(13)15/h2-7H,17H2,1H3,(H,18,19). The van der Waals surface area contributed by atoms with Crippen LogP contribution < -0.4 is 11.1 Å². The van der Waals surface area contributed by atoms with Crippen molar-refractivity contribution in [1.82, 2.24) is 0 Å². The van der Waals surface area contributed by atoms with E-state index >= 15 is 0 Å². The van der Waals surface area contributed by atoms with Gasteiger partial charge in [-0.1, -0.05) is 23.2 Å². The molecule has 0 fully saturated rings. The zero-order valence-electron chi connectivity index (χ0n) is 10.2. The molecule has 2 rings (SSSR count). The van der Waals surface area contributed by atoms with E-state index in [0.717, 1.165) is 5.56 Å². The molecule has 3 nitrogen and oxygen atoms in total. The molecule has 0 unspecified atom stereocenters. The van der Waals surface area contributed by atoms with Crippen LogP contribution in [0.5, 0.6) is 0 Å². The summed E-state index contributed by atoms with van der Waals surface area (Å²) in [5.41, 5.74) is 7.22. The molecule has 0 bridgehead atoms. The molecule has 1 amide bonds. The molecule has 3 N–H and O–H groups in total. The maximum atomic E-state index is 13.6. The minimum Gasteiger partial charge on any atom is -0.399 e. The predicted octanol–water partition coefficient (Wildman–Crippen LogP) is 3.62. The van der Waals surface area contributed by atoms with Gasteiger partial charge in [0.05, 0.1) is 16.3 Å². The van der Waals surface area contributed by atoms with Crippen LogP contribution in [0, 0.1) is 12.7 Å². The van der Waals surface area contributed by atoms with Gasteiger partial charge in [-0.25, -0.2) is 4.39 Å². The molecular weight excluding hydrogens is 267 g/mol. The summed E-state index contributed by atoms with van der Waals surface area (Å²) in [6, 6.07) is 9.04. The topological polar surface area (TPSA) is 55.1 Å². The molecule has 0 saturated heterocycles. The van der Waals surface area contributed by atoms with Gasteiger partial charge in [0.25, 0.3) is 5.91 Å². The molecule has 19 heavy (non-hydrogen) atoms. The zero-order valence-corrected chi connectivity index (χ0v) is 11.0. The van der Waals surface area contributed by atoms with E-state index in [2.05, 4.69) is 5.32 Å². The van der Waals surface area contributed by atoms with Gasteiger partial charge in [-0.2, -0.15) is 0 Å². The van der Waals surface area contributed by atoms with E-state index in [1.54, 1.807) is 25.1 Å². The first-order valence-corrected chi connectivity index (χ1v) is 5.97. The van der Waals surface area contributed by atoms with Gasteiger partial charge >= 0.3 is 0 Å². The highest BCUT2D eigenvalue weighted by Crippen LogP contribution is 2.25. The third kappa shape index (κ3) is 3.03. The first-order chi connectivity index (χ1) is 8.97. The predicted molar refractivity (Wildman–Crippen MR) is 75.0 cm³/mol. The molecule has 2 aromatic carbocycles. The van der Waals surface area contributed by atoms with Crippen LogP contribution in [0.4, 0.5) is 15.8 Å². The lowest BCUT2D eigenvalue weighted by Crippen LogP contribution is -2.14. The van der Waals surface area contributed by atoms with Crippen molar-refractivity contribution in [3.05, 3.63) is 58.4 Å². The molecular formula is C14H12ClFN2O. The third-order valence-corrected chi connectivity index (χ3v) is 2.92. The third-order valence-electron chi connectivity index (χ3n) is 2.61. The smallest absolute Gasteiger partial charge is 0.258 e. The Morgan fingerprint density at radius 3 is 2.68 bits per heavy atom. The fraction of sp³-hybridized carbons (Fsp3) is 0.0714. The number of nitrogen functional groups attached to an aromatic ring is 1. The highest BCUT2D eigenvalue weighted by molar-refractivity contribution is 6.34. The number of amides is 1. The van der Waals surface area contributed by atoms with Gasteiger partial charge < -0.3 is 11.1 Å². The highest BCUT2D eigenvalue weighted by Gasteiger charge is 2.13. The van der Waals surface area contributed by atoms with E-state index in [1.807, 2.05) is 0 Å². The van der Waals surface area contributed by atoms with E-state index in [0.29, 0.717) is 16.4 Å². The Labute approximate surface area is 115 Å². The van der Waals surface area contributed by atoms with Crippen LogP contribution in [0.1, 0.15) is 15.9 Å². The first-order valence-electron chi connectivity index (χ1n) is 5.60. The van der Waals surface area contributed by atoms with Crippen molar-refractivity contribution in [3.63, 3.8) is 0 Å². The number of nitrogens with two attached hydrogens (primary N) is 1. The Hall–Kier alpha value is -2.07. The number of hydrogen-bond acceptors (Lipinski definition) is 2. The van der Waals surface area contributed by atoms with Crippen molar-refractivity contribution in [1.29, 1.82) is 0 Å². The first kappa shape index (κ1) is 13.4. The molecule has 2 aromatic rings. The fourth-order valence-electron chi connectivity index (χ4n) is 1.64. The van der Waals surface area contributed by atoms with Gasteiger partial charge in [0, 0.05) is 5.69 Å². The van der Waals surface area contributed by atoms with Crippen molar-refractivity contribution in [2.45, 2.75) is 6.92 Å². The molecule has 0 saturated carbocycles. The van der Waals surface area contributed by atoms with Crippen molar-refractivity contribution < 1.29 is 9.18 Å². The number of rotatable bonds is 2. The van der Waals surface area contributed by atoms with E-state index in [9.17, 15) is 9.18 Å². The lowest BCUT2D eigenvalue weighted by atomic mass is 10.1. The van der Waals surface area contributed by atoms with E-state index in [4.69, 9.17) is 17.3 Å². The summed E-state index contributed by atoms with van der Waals surface area (Å²) >= 11 is 5.94. The maximum Gasteiger partial charge on any atom is 0.258 e. The Balaban J connectivity index is 2.28. The van der Waals surface area contributed by atoms with Crippen LogP contribution in [0.25, 0.3) is 0 Å². The molecule has 0 heterocycles. The Morgan fingerprint density at radius 1 is 1.26 bits per heavy atom. The second-order valence-electron chi connectivity index (χ2n) is 4.18. The van der Waals surface area contributed by atoms with E-state index < -0.39 is 11.7 Å². The number of benzene rings is 2. The summed E-state index contributed by atoms with van der Waals surface area (Å²) in [4.78, 5) is 12.0. The average Bonchev–Trinajstić information content (AvgIpc) is 2.35. The number of hydrogen-bond donors (Lipinski definition) is 2. The van der Waals surface area contributed by atoms with Crippen LogP contribution >= 0.6 is 11.6 Å². The largest absolute Gasteiger partial charge is 0.399 e. The van der Waals surface area contributed by atoms with Gasteiger partial charge in [0.1, 0.15) is 5.82 Å². The normalized spacial score (nSPS) is 10.3. The van der Waals surface area contributed by atoms with Gasteiger partial charge in [0.15, 0.2) is 0 Å².